The topological polar surface area (TPSA) is 86.2 Å². The van der Waals surface area contributed by atoms with Crippen molar-refractivity contribution < 1.29 is 9.34 Å². The lowest BCUT2D eigenvalue weighted by Crippen LogP contribution is -2.02. The fourth-order valence-electron chi connectivity index (χ4n) is 2.02. The molecule has 0 N–H and O–H groups in total. The first kappa shape index (κ1) is 13.7. The zero-order valence-corrected chi connectivity index (χ0v) is 11.3. The summed E-state index contributed by atoms with van der Waals surface area (Å²) in [5.41, 5.74) is 0.684. The van der Waals surface area contributed by atoms with Gasteiger partial charge in [0.2, 0.25) is 5.89 Å². The number of hydrogen-bond acceptors (Lipinski definition) is 5. The highest BCUT2D eigenvalue weighted by Crippen LogP contribution is 2.15. The number of nitrogens with zero attached hydrogens (tertiary/aromatic N) is 2. The Morgan fingerprint density at radius 2 is 1.91 bits per heavy atom. The van der Waals surface area contributed by atoms with Crippen molar-refractivity contribution in [3.63, 3.8) is 0 Å². The van der Waals surface area contributed by atoms with Gasteiger partial charge in [-0.1, -0.05) is 24.3 Å². The summed E-state index contributed by atoms with van der Waals surface area (Å²) in [6, 6.07) is 13.0. The van der Waals surface area contributed by atoms with Crippen molar-refractivity contribution >= 4 is 28.7 Å². The molecule has 0 spiro atoms. The quantitative estimate of drug-likeness (QED) is 0.546. The largest absolute Gasteiger partial charge is 0.404 e. The van der Waals surface area contributed by atoms with Gasteiger partial charge in [0.1, 0.15) is 0 Å². The van der Waals surface area contributed by atoms with E-state index in [0.29, 0.717) is 16.5 Å². The Bertz CT molecular complexity index is 944. The summed E-state index contributed by atoms with van der Waals surface area (Å²) in [5, 5.41) is 11.1. The Morgan fingerprint density at radius 3 is 2.73 bits per heavy atom. The number of non-ortho nitro benzene ring substituents is 1. The van der Waals surface area contributed by atoms with Crippen molar-refractivity contribution in [1.82, 2.24) is 4.98 Å². The minimum atomic E-state index is -0.468. The lowest BCUT2D eigenvalue weighted by molar-refractivity contribution is -0.384. The Hall–Kier alpha value is -3.28. The molecule has 0 saturated carbocycles. The lowest BCUT2D eigenvalue weighted by atomic mass is 10.2. The monoisotopic (exact) mass is 294 g/mol. The van der Waals surface area contributed by atoms with Crippen LogP contribution in [0.2, 0.25) is 0 Å². The van der Waals surface area contributed by atoms with Gasteiger partial charge in [-0.3, -0.25) is 10.1 Å². The first-order valence-electron chi connectivity index (χ1n) is 6.46. The second-order valence-corrected chi connectivity index (χ2v) is 4.54. The molecule has 3 aromatic rings. The molecule has 1 aromatic heterocycles. The highest BCUT2D eigenvalue weighted by Gasteiger charge is 2.05. The Kier molecular flexibility index (Phi) is 3.49. The summed E-state index contributed by atoms with van der Waals surface area (Å²) in [4.78, 5) is 26.3. The van der Waals surface area contributed by atoms with E-state index in [-0.39, 0.29) is 11.6 Å². The van der Waals surface area contributed by atoms with Gasteiger partial charge in [-0.05, 0) is 23.8 Å². The van der Waals surface area contributed by atoms with Crippen molar-refractivity contribution in [2.24, 2.45) is 0 Å². The van der Waals surface area contributed by atoms with E-state index < -0.39 is 10.5 Å². The predicted molar refractivity (Wildman–Crippen MR) is 82.3 cm³/mol. The van der Waals surface area contributed by atoms with E-state index in [1.54, 1.807) is 42.5 Å². The molecule has 3 rings (SSSR count). The van der Waals surface area contributed by atoms with E-state index in [0.717, 1.165) is 0 Å². The molecule has 0 unspecified atom stereocenters. The molecule has 1 heterocycles. The molecule has 0 bridgehead atoms. The van der Waals surface area contributed by atoms with Crippen molar-refractivity contribution in [1.29, 1.82) is 0 Å². The van der Waals surface area contributed by atoms with Gasteiger partial charge < -0.3 is 4.42 Å². The normalized spacial score (nSPS) is 11.1. The molecule has 0 amide bonds. The molecule has 2 aromatic carbocycles. The number of aromatic nitrogens is 1. The van der Waals surface area contributed by atoms with Gasteiger partial charge in [-0.25, -0.2) is 9.78 Å². The molecule has 0 aliphatic rings. The summed E-state index contributed by atoms with van der Waals surface area (Å²) < 4.78 is 5.10. The van der Waals surface area contributed by atoms with Crippen molar-refractivity contribution in [2.75, 3.05) is 0 Å². The molecule has 22 heavy (non-hydrogen) atoms. The van der Waals surface area contributed by atoms with Crippen LogP contribution in [0.5, 0.6) is 0 Å². The summed E-state index contributed by atoms with van der Waals surface area (Å²) in [5.74, 6) is 0.148. The Morgan fingerprint density at radius 1 is 1.09 bits per heavy atom. The van der Waals surface area contributed by atoms with Crippen LogP contribution in [-0.2, 0) is 0 Å². The summed E-state index contributed by atoms with van der Waals surface area (Å²) >= 11 is 0. The maximum atomic E-state index is 11.8. The van der Waals surface area contributed by atoms with Gasteiger partial charge in [0.05, 0.1) is 15.8 Å². The third kappa shape index (κ3) is 2.76. The molecule has 6 nitrogen and oxygen atoms in total. The first-order valence-corrected chi connectivity index (χ1v) is 6.46. The third-order valence-corrected chi connectivity index (χ3v) is 3.05. The highest BCUT2D eigenvalue weighted by molar-refractivity contribution is 5.78. The third-order valence-electron chi connectivity index (χ3n) is 3.05. The number of rotatable bonds is 3. The smallest absolute Gasteiger partial charge is 0.347 e. The van der Waals surface area contributed by atoms with E-state index in [2.05, 4.69) is 4.98 Å². The highest BCUT2D eigenvalue weighted by atomic mass is 16.6. The van der Waals surface area contributed by atoms with Crippen molar-refractivity contribution in [3.8, 4) is 0 Å². The molecular formula is C16H10N2O4. The first-order chi connectivity index (χ1) is 10.6. The summed E-state index contributed by atoms with van der Waals surface area (Å²) in [6.07, 6.45) is 3.11. The fraction of sp³-hybridized carbons (Fsp3) is 0. The molecule has 0 fully saturated rings. The maximum Gasteiger partial charge on any atom is 0.347 e. The van der Waals surface area contributed by atoms with Crippen LogP contribution in [0.1, 0.15) is 11.5 Å². The SMILES string of the molecule is O=c1oc(/C=C/c2cccc([N+](=O)[O-])c2)nc2ccccc12. The molecular weight excluding hydrogens is 284 g/mol. The van der Waals surface area contributed by atoms with Gasteiger partial charge in [0.25, 0.3) is 5.69 Å². The molecule has 0 aliphatic carbocycles. The van der Waals surface area contributed by atoms with Crippen LogP contribution < -0.4 is 5.63 Å². The number of hydrogen-bond donors (Lipinski definition) is 0. The van der Waals surface area contributed by atoms with E-state index in [9.17, 15) is 14.9 Å². The standard InChI is InChI=1S/C16H10N2O4/c19-16-13-6-1-2-7-14(13)17-15(22-16)9-8-11-4-3-5-12(10-11)18(20)21/h1-10H/b9-8+. The number of benzene rings is 2. The van der Waals surface area contributed by atoms with Crippen LogP contribution in [-0.4, -0.2) is 9.91 Å². The number of para-hydroxylation sites is 1. The Balaban J connectivity index is 1.97. The summed E-state index contributed by atoms with van der Waals surface area (Å²) in [6.45, 7) is 0. The van der Waals surface area contributed by atoms with Gasteiger partial charge >= 0.3 is 5.63 Å². The average Bonchev–Trinajstić information content (AvgIpc) is 2.53. The molecule has 108 valence electrons. The van der Waals surface area contributed by atoms with Gasteiger partial charge in [-0.15, -0.1) is 0 Å². The van der Waals surface area contributed by atoms with Crippen molar-refractivity contribution in [3.05, 3.63) is 80.5 Å². The van der Waals surface area contributed by atoms with Crippen LogP contribution in [0.4, 0.5) is 5.69 Å². The zero-order chi connectivity index (χ0) is 15.5. The molecule has 0 saturated heterocycles. The van der Waals surface area contributed by atoms with E-state index in [4.69, 9.17) is 4.42 Å². The minimum Gasteiger partial charge on any atom is -0.404 e. The number of nitro benzene ring substituents is 1. The van der Waals surface area contributed by atoms with Crippen molar-refractivity contribution in [2.45, 2.75) is 0 Å². The average molecular weight is 294 g/mol. The summed E-state index contributed by atoms with van der Waals surface area (Å²) in [7, 11) is 0. The van der Waals surface area contributed by atoms with Crippen LogP contribution in [0, 0.1) is 10.1 Å². The van der Waals surface area contributed by atoms with Gasteiger partial charge in [-0.2, -0.15) is 0 Å². The fourth-order valence-corrected chi connectivity index (χ4v) is 2.02. The lowest BCUT2D eigenvalue weighted by Gasteiger charge is -1.97. The minimum absolute atomic E-state index is 0.00456. The maximum absolute atomic E-state index is 11.8. The molecule has 6 heteroatoms. The number of fused-ring (bicyclic) bond motifs is 1. The zero-order valence-electron chi connectivity index (χ0n) is 11.3. The molecule has 0 radical (unpaired) electrons. The van der Waals surface area contributed by atoms with Crippen LogP contribution in [0.25, 0.3) is 23.1 Å². The van der Waals surface area contributed by atoms with E-state index >= 15 is 0 Å². The Labute approximate surface area is 124 Å². The van der Waals surface area contributed by atoms with Crippen LogP contribution in [0.15, 0.2) is 57.7 Å². The van der Waals surface area contributed by atoms with Gasteiger partial charge in [0, 0.05) is 18.2 Å². The second kappa shape index (κ2) is 5.61. The van der Waals surface area contributed by atoms with Crippen LogP contribution in [0.3, 0.4) is 0 Å². The second-order valence-electron chi connectivity index (χ2n) is 4.54. The van der Waals surface area contributed by atoms with E-state index in [1.165, 1.54) is 18.2 Å². The van der Waals surface area contributed by atoms with E-state index in [1.807, 2.05) is 0 Å². The van der Waals surface area contributed by atoms with Gasteiger partial charge in [0.15, 0.2) is 0 Å². The molecule has 0 aliphatic heterocycles. The predicted octanol–water partition coefficient (Wildman–Crippen LogP) is 3.27. The molecule has 0 atom stereocenters. The van der Waals surface area contributed by atoms with Crippen LogP contribution >= 0.6 is 0 Å². The number of nitro groups is 1.